The number of nitrogens with one attached hydrogen (secondary N) is 1. The average molecular weight is 282 g/mol. The van der Waals surface area contributed by atoms with E-state index < -0.39 is 30.7 Å². The van der Waals surface area contributed by atoms with Gasteiger partial charge in [0.1, 0.15) is 5.54 Å². The minimum Gasteiger partial charge on any atom is -0.379 e. The minimum absolute atomic E-state index is 0.000633. The lowest BCUT2D eigenvalue weighted by atomic mass is 9.92. The minimum atomic E-state index is -4.25. The first-order valence-corrected chi connectivity index (χ1v) is 6.39. The van der Waals surface area contributed by atoms with E-state index in [9.17, 15) is 18.0 Å². The molecular formula is C12H21F3N2O2. The van der Waals surface area contributed by atoms with Crippen molar-refractivity contribution in [3.63, 3.8) is 0 Å². The van der Waals surface area contributed by atoms with Gasteiger partial charge in [-0.05, 0) is 32.6 Å². The van der Waals surface area contributed by atoms with Gasteiger partial charge in [0, 0.05) is 6.04 Å². The summed E-state index contributed by atoms with van der Waals surface area (Å²) in [6.07, 6.45) is -3.59. The molecule has 1 fully saturated rings. The van der Waals surface area contributed by atoms with Gasteiger partial charge in [-0.3, -0.25) is 10.1 Å². The van der Waals surface area contributed by atoms with Crippen LogP contribution >= 0.6 is 0 Å². The maximum absolute atomic E-state index is 12.0. The molecule has 0 aliphatic heterocycles. The van der Waals surface area contributed by atoms with E-state index in [4.69, 9.17) is 10.5 Å². The van der Waals surface area contributed by atoms with Crippen LogP contribution in [0.1, 0.15) is 33.1 Å². The van der Waals surface area contributed by atoms with E-state index in [1.165, 1.54) is 0 Å². The summed E-state index contributed by atoms with van der Waals surface area (Å²) in [5.74, 6) is -0.506. The van der Waals surface area contributed by atoms with Crippen LogP contribution in [0.4, 0.5) is 13.2 Å². The summed E-state index contributed by atoms with van der Waals surface area (Å²) in [5, 5.41) is 3.07. The molecule has 1 atom stereocenters. The summed E-state index contributed by atoms with van der Waals surface area (Å²) in [4.78, 5) is 11.7. The summed E-state index contributed by atoms with van der Waals surface area (Å²) in [6.45, 7) is 3.15. The summed E-state index contributed by atoms with van der Waals surface area (Å²) < 4.78 is 41.1. The Bertz CT molecular complexity index is 317. The number of amides is 1. The Labute approximate surface area is 110 Å². The molecule has 112 valence electrons. The van der Waals surface area contributed by atoms with Crippen LogP contribution in [0.2, 0.25) is 0 Å². The number of halogens is 3. The second-order valence-corrected chi connectivity index (χ2v) is 5.33. The van der Waals surface area contributed by atoms with Crippen LogP contribution in [0, 0.1) is 5.92 Å². The lowest BCUT2D eigenvalue weighted by Gasteiger charge is -2.33. The molecule has 0 heterocycles. The van der Waals surface area contributed by atoms with Gasteiger partial charge in [-0.25, -0.2) is 0 Å². The van der Waals surface area contributed by atoms with Crippen molar-refractivity contribution in [2.24, 2.45) is 11.7 Å². The van der Waals surface area contributed by atoms with Crippen LogP contribution in [0.25, 0.3) is 0 Å². The van der Waals surface area contributed by atoms with E-state index in [1.54, 1.807) is 0 Å². The van der Waals surface area contributed by atoms with Gasteiger partial charge in [-0.1, -0.05) is 0 Å². The zero-order chi connectivity index (χ0) is 14.7. The molecule has 0 radical (unpaired) electrons. The topological polar surface area (TPSA) is 64.3 Å². The molecule has 1 rings (SSSR count). The van der Waals surface area contributed by atoms with Crippen molar-refractivity contribution in [1.82, 2.24) is 5.32 Å². The van der Waals surface area contributed by atoms with Gasteiger partial charge in [-0.15, -0.1) is 0 Å². The summed E-state index contributed by atoms with van der Waals surface area (Å²) in [6, 6.07) is -0.000633. The van der Waals surface area contributed by atoms with Crippen LogP contribution in [0.5, 0.6) is 0 Å². The maximum atomic E-state index is 12.0. The number of nitrogens with two attached hydrogens (primary N) is 1. The van der Waals surface area contributed by atoms with Crippen molar-refractivity contribution in [1.29, 1.82) is 0 Å². The average Bonchev–Trinajstić information content (AvgIpc) is 3.03. The van der Waals surface area contributed by atoms with Crippen LogP contribution in [0.15, 0.2) is 0 Å². The van der Waals surface area contributed by atoms with Crippen molar-refractivity contribution >= 4 is 5.91 Å². The third-order valence-corrected chi connectivity index (χ3v) is 3.12. The molecule has 0 aromatic rings. The van der Waals surface area contributed by atoms with Crippen LogP contribution in [0.3, 0.4) is 0 Å². The number of rotatable bonds is 8. The lowest BCUT2D eigenvalue weighted by Crippen LogP contribution is -2.62. The van der Waals surface area contributed by atoms with Crippen molar-refractivity contribution in [3.05, 3.63) is 0 Å². The quantitative estimate of drug-likeness (QED) is 0.664. The van der Waals surface area contributed by atoms with Crippen molar-refractivity contribution in [2.45, 2.75) is 50.9 Å². The predicted octanol–water partition coefficient (Wildman–Crippen LogP) is 1.59. The van der Waals surface area contributed by atoms with E-state index in [2.05, 4.69) is 5.32 Å². The molecule has 1 saturated carbocycles. The van der Waals surface area contributed by atoms with E-state index >= 15 is 0 Å². The first-order chi connectivity index (χ1) is 8.67. The first kappa shape index (κ1) is 16.2. The van der Waals surface area contributed by atoms with E-state index in [0.29, 0.717) is 0 Å². The fourth-order valence-electron chi connectivity index (χ4n) is 2.13. The van der Waals surface area contributed by atoms with E-state index in [-0.39, 0.29) is 18.6 Å². The SMILES string of the molecule is CC(C)NC(COCCC(F)(F)F)(C(N)=O)C1CC1. The van der Waals surface area contributed by atoms with Crippen LogP contribution in [-0.4, -0.2) is 36.9 Å². The molecule has 1 amide bonds. The molecule has 19 heavy (non-hydrogen) atoms. The number of primary amides is 1. The van der Waals surface area contributed by atoms with Crippen LogP contribution < -0.4 is 11.1 Å². The first-order valence-electron chi connectivity index (χ1n) is 6.39. The highest BCUT2D eigenvalue weighted by Gasteiger charge is 2.50. The Morgan fingerprint density at radius 1 is 1.42 bits per heavy atom. The number of hydrogen-bond donors (Lipinski definition) is 2. The molecular weight excluding hydrogens is 261 g/mol. The maximum Gasteiger partial charge on any atom is 0.391 e. The highest BCUT2D eigenvalue weighted by Crippen LogP contribution is 2.40. The van der Waals surface area contributed by atoms with Gasteiger partial charge < -0.3 is 10.5 Å². The van der Waals surface area contributed by atoms with E-state index in [0.717, 1.165) is 12.8 Å². The number of ether oxygens (including phenoxy) is 1. The standard InChI is InChI=1S/C12H21F3N2O2/c1-8(2)17-11(10(16)18,9-3-4-9)7-19-6-5-12(13,14)15/h8-9,17H,3-7H2,1-2H3,(H2,16,18). The molecule has 0 aromatic heterocycles. The molecule has 4 nitrogen and oxygen atoms in total. The molecule has 7 heteroatoms. The molecule has 1 aliphatic carbocycles. The Hall–Kier alpha value is -0.820. The second kappa shape index (κ2) is 6.09. The van der Waals surface area contributed by atoms with Gasteiger partial charge in [0.15, 0.2) is 0 Å². The normalized spacial score (nSPS) is 19.5. The van der Waals surface area contributed by atoms with Gasteiger partial charge in [0.25, 0.3) is 0 Å². The molecule has 1 aliphatic rings. The summed E-state index contributed by atoms with van der Waals surface area (Å²) in [7, 11) is 0. The lowest BCUT2D eigenvalue weighted by molar-refractivity contribution is -0.148. The highest BCUT2D eigenvalue weighted by atomic mass is 19.4. The van der Waals surface area contributed by atoms with Gasteiger partial charge >= 0.3 is 6.18 Å². The molecule has 0 spiro atoms. The van der Waals surface area contributed by atoms with Crippen LogP contribution in [-0.2, 0) is 9.53 Å². The summed E-state index contributed by atoms with van der Waals surface area (Å²) >= 11 is 0. The van der Waals surface area contributed by atoms with Gasteiger partial charge in [0.05, 0.1) is 19.6 Å². The fraction of sp³-hybridized carbons (Fsp3) is 0.917. The molecule has 0 saturated heterocycles. The van der Waals surface area contributed by atoms with Crippen molar-refractivity contribution in [3.8, 4) is 0 Å². The zero-order valence-electron chi connectivity index (χ0n) is 11.2. The highest BCUT2D eigenvalue weighted by molar-refractivity contribution is 5.85. The predicted molar refractivity (Wildman–Crippen MR) is 64.4 cm³/mol. The Morgan fingerprint density at radius 2 is 2.00 bits per heavy atom. The number of hydrogen-bond acceptors (Lipinski definition) is 3. The molecule has 0 aromatic carbocycles. The third kappa shape index (κ3) is 4.99. The van der Waals surface area contributed by atoms with Crippen molar-refractivity contribution < 1.29 is 22.7 Å². The zero-order valence-corrected chi connectivity index (χ0v) is 11.2. The monoisotopic (exact) mass is 282 g/mol. The Morgan fingerprint density at radius 3 is 2.37 bits per heavy atom. The molecule has 1 unspecified atom stereocenters. The smallest absolute Gasteiger partial charge is 0.379 e. The summed E-state index contributed by atoms with van der Waals surface area (Å²) in [5.41, 5.74) is 4.38. The van der Waals surface area contributed by atoms with Gasteiger partial charge in [-0.2, -0.15) is 13.2 Å². The van der Waals surface area contributed by atoms with Crippen molar-refractivity contribution in [2.75, 3.05) is 13.2 Å². The molecule has 3 N–H and O–H groups in total. The second-order valence-electron chi connectivity index (χ2n) is 5.33. The fourth-order valence-corrected chi connectivity index (χ4v) is 2.13. The third-order valence-electron chi connectivity index (χ3n) is 3.12. The number of alkyl halides is 3. The van der Waals surface area contributed by atoms with Gasteiger partial charge in [0.2, 0.25) is 5.91 Å². The Balaban J connectivity index is 2.56. The molecule has 0 bridgehead atoms. The Kier molecular flexibility index (Phi) is 5.20. The number of carbonyl (C=O) groups excluding carboxylic acids is 1. The van der Waals surface area contributed by atoms with E-state index in [1.807, 2.05) is 13.8 Å². The number of carbonyl (C=O) groups is 1. The largest absolute Gasteiger partial charge is 0.391 e.